The lowest BCUT2D eigenvalue weighted by Gasteiger charge is -2.13. The monoisotopic (exact) mass is 373 g/mol. The fourth-order valence-corrected chi connectivity index (χ4v) is 2.65. The van der Waals surface area contributed by atoms with Crippen LogP contribution in [0.5, 0.6) is 5.75 Å². The van der Waals surface area contributed by atoms with E-state index in [1.165, 1.54) is 5.56 Å². The van der Waals surface area contributed by atoms with Crippen molar-refractivity contribution in [3.63, 3.8) is 0 Å². The molecule has 118 valence electrons. The highest BCUT2D eigenvalue weighted by Gasteiger charge is 2.12. The average molecular weight is 374 g/mol. The molecule has 0 N–H and O–H groups in total. The molecule has 0 bridgehead atoms. The van der Waals surface area contributed by atoms with Gasteiger partial charge in [-0.05, 0) is 55.7 Å². The first kappa shape index (κ1) is 15.7. The summed E-state index contributed by atoms with van der Waals surface area (Å²) in [4.78, 5) is 8.32. The van der Waals surface area contributed by atoms with E-state index in [0.29, 0.717) is 11.7 Å². The largest absolute Gasteiger partial charge is 0.483 e. The van der Waals surface area contributed by atoms with Gasteiger partial charge < -0.3 is 9.26 Å². The molecule has 0 spiro atoms. The van der Waals surface area contributed by atoms with Crippen LogP contribution in [-0.2, 0) is 6.61 Å². The molecule has 0 aliphatic carbocycles. The summed E-state index contributed by atoms with van der Waals surface area (Å²) in [5.41, 5.74) is 4.26. The van der Waals surface area contributed by atoms with E-state index in [-0.39, 0.29) is 6.61 Å². The van der Waals surface area contributed by atoms with Crippen molar-refractivity contribution in [1.82, 2.24) is 15.1 Å². The van der Waals surface area contributed by atoms with Crippen LogP contribution in [0.4, 0.5) is 0 Å². The van der Waals surface area contributed by atoms with Crippen LogP contribution >= 0.6 is 15.9 Å². The van der Waals surface area contributed by atoms with E-state index < -0.39 is 0 Å². The van der Waals surface area contributed by atoms with E-state index >= 15 is 0 Å². The third kappa shape index (κ3) is 3.27. The van der Waals surface area contributed by atoms with Crippen molar-refractivity contribution in [3.05, 3.63) is 57.6 Å². The number of hydrogen-bond acceptors (Lipinski definition) is 5. The maximum absolute atomic E-state index is 5.86. The van der Waals surface area contributed by atoms with E-state index in [9.17, 15) is 0 Å². The Morgan fingerprint density at radius 3 is 2.61 bits per heavy atom. The average Bonchev–Trinajstić information content (AvgIpc) is 3.05. The van der Waals surface area contributed by atoms with Gasteiger partial charge in [0.15, 0.2) is 6.61 Å². The number of hydrogen-bond donors (Lipinski definition) is 0. The molecule has 0 aliphatic rings. The Bertz CT molecular complexity index is 831. The molecular weight excluding hydrogens is 358 g/mol. The summed E-state index contributed by atoms with van der Waals surface area (Å²) in [5.74, 6) is 1.80. The van der Waals surface area contributed by atoms with Gasteiger partial charge in [0.05, 0.1) is 0 Å². The van der Waals surface area contributed by atoms with Gasteiger partial charge in [-0.25, -0.2) is 0 Å². The van der Waals surface area contributed by atoms with Gasteiger partial charge in [0.25, 0.3) is 5.89 Å². The molecule has 1 aromatic carbocycles. The molecule has 0 aliphatic heterocycles. The minimum Gasteiger partial charge on any atom is -0.483 e. The first-order valence-corrected chi connectivity index (χ1v) is 7.97. The predicted molar refractivity (Wildman–Crippen MR) is 90.2 cm³/mol. The third-order valence-electron chi connectivity index (χ3n) is 3.71. The molecule has 0 saturated heterocycles. The third-order valence-corrected chi connectivity index (χ3v) is 4.93. The summed E-state index contributed by atoms with van der Waals surface area (Å²) >= 11 is 3.59. The highest BCUT2D eigenvalue weighted by atomic mass is 79.9. The Kier molecular flexibility index (Phi) is 4.43. The highest BCUT2D eigenvalue weighted by Crippen LogP contribution is 2.31. The number of aryl methyl sites for hydroxylation is 1. The normalized spacial score (nSPS) is 10.8. The number of ether oxygens (including phenoxy) is 1. The first-order chi connectivity index (χ1) is 11.1. The Morgan fingerprint density at radius 1 is 1.13 bits per heavy atom. The highest BCUT2D eigenvalue weighted by molar-refractivity contribution is 9.10. The van der Waals surface area contributed by atoms with Crippen LogP contribution in [0.25, 0.3) is 11.4 Å². The molecule has 0 radical (unpaired) electrons. The van der Waals surface area contributed by atoms with Gasteiger partial charge in [0.2, 0.25) is 5.82 Å². The second-order valence-corrected chi connectivity index (χ2v) is 6.08. The van der Waals surface area contributed by atoms with Gasteiger partial charge in [-0.1, -0.05) is 21.1 Å². The van der Waals surface area contributed by atoms with E-state index in [2.05, 4.69) is 38.0 Å². The van der Waals surface area contributed by atoms with Crippen molar-refractivity contribution in [1.29, 1.82) is 0 Å². The summed E-state index contributed by atoms with van der Waals surface area (Å²) in [6, 6.07) is 5.68. The standard InChI is InChI=1S/C17H16BrN3O2/c1-10-8-14(11(2)12(3)16(10)18)22-9-15-20-17(21-23-15)13-4-6-19-7-5-13/h4-8H,9H2,1-3H3. The molecule has 2 aromatic heterocycles. The van der Waals surface area contributed by atoms with E-state index in [1.807, 2.05) is 32.0 Å². The second kappa shape index (κ2) is 6.50. The Hall–Kier alpha value is -2.21. The van der Waals surface area contributed by atoms with Crippen LogP contribution in [-0.4, -0.2) is 15.1 Å². The smallest absolute Gasteiger partial charge is 0.264 e. The summed E-state index contributed by atoms with van der Waals surface area (Å²) < 4.78 is 12.2. The van der Waals surface area contributed by atoms with E-state index in [1.54, 1.807) is 12.4 Å². The van der Waals surface area contributed by atoms with Crippen LogP contribution in [0.3, 0.4) is 0 Å². The maximum Gasteiger partial charge on any atom is 0.264 e. The van der Waals surface area contributed by atoms with E-state index in [4.69, 9.17) is 9.26 Å². The number of pyridine rings is 1. The lowest BCUT2D eigenvalue weighted by atomic mass is 10.1. The molecule has 0 atom stereocenters. The zero-order chi connectivity index (χ0) is 16.4. The molecule has 23 heavy (non-hydrogen) atoms. The van der Waals surface area contributed by atoms with Crippen molar-refractivity contribution in [3.8, 4) is 17.1 Å². The SMILES string of the molecule is Cc1cc(OCc2nc(-c3ccncc3)no2)c(C)c(C)c1Br. The summed E-state index contributed by atoms with van der Waals surface area (Å²) in [6.07, 6.45) is 3.39. The zero-order valence-corrected chi connectivity index (χ0v) is 14.7. The summed E-state index contributed by atoms with van der Waals surface area (Å²) in [7, 11) is 0. The van der Waals surface area contributed by atoms with Crippen LogP contribution < -0.4 is 4.74 Å². The summed E-state index contributed by atoms with van der Waals surface area (Å²) in [6.45, 7) is 6.37. The quantitative estimate of drug-likeness (QED) is 0.678. The van der Waals surface area contributed by atoms with Gasteiger partial charge in [-0.3, -0.25) is 4.98 Å². The van der Waals surface area contributed by atoms with Crippen molar-refractivity contribution >= 4 is 15.9 Å². The Balaban J connectivity index is 1.76. The van der Waals surface area contributed by atoms with Crippen LogP contribution in [0.1, 0.15) is 22.6 Å². The molecule has 0 unspecified atom stereocenters. The van der Waals surface area contributed by atoms with Gasteiger partial charge in [-0.2, -0.15) is 4.98 Å². The second-order valence-electron chi connectivity index (χ2n) is 5.29. The van der Waals surface area contributed by atoms with Gasteiger partial charge >= 0.3 is 0 Å². The molecule has 2 heterocycles. The fourth-order valence-electron chi connectivity index (χ4n) is 2.23. The minimum atomic E-state index is 0.236. The van der Waals surface area contributed by atoms with Crippen molar-refractivity contribution < 1.29 is 9.26 Å². The molecule has 0 fully saturated rings. The predicted octanol–water partition coefficient (Wildman–Crippen LogP) is 4.40. The van der Waals surface area contributed by atoms with E-state index in [0.717, 1.165) is 26.9 Å². The Labute approximate surface area is 142 Å². The first-order valence-electron chi connectivity index (χ1n) is 7.18. The maximum atomic E-state index is 5.86. The lowest BCUT2D eigenvalue weighted by molar-refractivity contribution is 0.241. The number of rotatable bonds is 4. The molecule has 5 nitrogen and oxygen atoms in total. The molecule has 0 saturated carbocycles. The number of nitrogens with zero attached hydrogens (tertiary/aromatic N) is 3. The van der Waals surface area contributed by atoms with Crippen LogP contribution in [0.15, 0.2) is 39.6 Å². The fraction of sp³-hybridized carbons (Fsp3) is 0.235. The topological polar surface area (TPSA) is 61.0 Å². The van der Waals surface area contributed by atoms with Crippen molar-refractivity contribution in [2.45, 2.75) is 27.4 Å². The number of benzene rings is 1. The molecule has 0 amide bonds. The number of halogens is 1. The van der Waals surface area contributed by atoms with Gasteiger partial charge in [0, 0.05) is 22.4 Å². The van der Waals surface area contributed by atoms with Crippen molar-refractivity contribution in [2.75, 3.05) is 0 Å². The zero-order valence-electron chi connectivity index (χ0n) is 13.1. The van der Waals surface area contributed by atoms with Crippen LogP contribution in [0.2, 0.25) is 0 Å². The molecule has 3 aromatic rings. The molecule has 3 rings (SSSR count). The number of aromatic nitrogens is 3. The lowest BCUT2D eigenvalue weighted by Crippen LogP contribution is -2.00. The minimum absolute atomic E-state index is 0.236. The van der Waals surface area contributed by atoms with Crippen LogP contribution in [0, 0.1) is 20.8 Å². The summed E-state index contributed by atoms with van der Waals surface area (Å²) in [5, 5.41) is 3.97. The van der Waals surface area contributed by atoms with Gasteiger partial charge in [-0.15, -0.1) is 0 Å². The molecule has 6 heteroatoms. The van der Waals surface area contributed by atoms with Crippen molar-refractivity contribution in [2.24, 2.45) is 0 Å². The van der Waals surface area contributed by atoms with Gasteiger partial charge in [0.1, 0.15) is 5.75 Å². The molecular formula is C17H16BrN3O2. The Morgan fingerprint density at radius 2 is 1.87 bits per heavy atom.